The molecule has 2 aliphatic heterocycles. The predicted octanol–water partition coefficient (Wildman–Crippen LogP) is 0.746. The van der Waals surface area contributed by atoms with Gasteiger partial charge in [-0.3, -0.25) is 9.48 Å². The smallest absolute Gasteiger partial charge is 0.222 e. The van der Waals surface area contributed by atoms with Gasteiger partial charge in [0.15, 0.2) is 0 Å². The second-order valence-electron chi connectivity index (χ2n) is 7.02. The maximum atomic E-state index is 12.4. The highest BCUT2D eigenvalue weighted by Gasteiger charge is 2.41. The van der Waals surface area contributed by atoms with Gasteiger partial charge < -0.3 is 4.90 Å². The van der Waals surface area contributed by atoms with Gasteiger partial charge in [0.05, 0.1) is 29.7 Å². The Morgan fingerprint density at radius 3 is 2.62 bits per heavy atom. The fraction of sp³-hybridized carbons (Fsp3) is 0.750. The first-order chi connectivity index (χ1) is 11.5. The summed E-state index contributed by atoms with van der Waals surface area (Å²) in [4.78, 5) is 14.1. The number of carbonyl (C=O) groups excluding carboxylic acids is 1. The van der Waals surface area contributed by atoms with Crippen LogP contribution in [0.25, 0.3) is 0 Å². The Hall–Kier alpha value is -1.41. The lowest BCUT2D eigenvalue weighted by molar-refractivity contribution is -0.130. The second-order valence-corrected chi connectivity index (χ2v) is 9.23. The molecule has 1 amide bonds. The molecule has 0 radical (unpaired) electrons. The molecule has 24 heavy (non-hydrogen) atoms. The van der Waals surface area contributed by atoms with E-state index in [1.165, 1.54) is 0 Å². The van der Waals surface area contributed by atoms with E-state index in [1.54, 1.807) is 4.31 Å². The minimum absolute atomic E-state index is 0.162. The molecule has 0 N–H and O–H groups in total. The van der Waals surface area contributed by atoms with Crippen molar-refractivity contribution in [2.45, 2.75) is 56.9 Å². The van der Waals surface area contributed by atoms with Crippen LogP contribution in [0.2, 0.25) is 0 Å². The lowest BCUT2D eigenvalue weighted by atomic mass is 10.2. The molecule has 0 atom stereocenters. The van der Waals surface area contributed by atoms with Gasteiger partial charge >= 0.3 is 0 Å². The summed E-state index contributed by atoms with van der Waals surface area (Å²) in [6.07, 6.45) is 4.92. The van der Waals surface area contributed by atoms with Crippen LogP contribution in [0.15, 0.2) is 6.07 Å². The van der Waals surface area contributed by atoms with Crippen LogP contribution in [0, 0.1) is 0 Å². The molecule has 0 unspecified atom stereocenters. The van der Waals surface area contributed by atoms with Gasteiger partial charge in [-0.15, -0.1) is 0 Å². The van der Waals surface area contributed by atoms with Crippen LogP contribution < -0.4 is 0 Å². The highest BCUT2D eigenvalue weighted by molar-refractivity contribution is 7.90. The van der Waals surface area contributed by atoms with Gasteiger partial charge in [-0.1, -0.05) is 0 Å². The van der Waals surface area contributed by atoms with Crippen molar-refractivity contribution in [3.8, 4) is 0 Å². The Balaban J connectivity index is 1.38. The zero-order valence-corrected chi connectivity index (χ0v) is 14.7. The van der Waals surface area contributed by atoms with Crippen LogP contribution in [0.3, 0.4) is 0 Å². The Bertz CT molecular complexity index is 733. The van der Waals surface area contributed by atoms with E-state index in [0.717, 1.165) is 50.2 Å². The summed E-state index contributed by atoms with van der Waals surface area (Å²) < 4.78 is 28.2. The third-order valence-electron chi connectivity index (χ3n) is 5.17. The van der Waals surface area contributed by atoms with Crippen molar-refractivity contribution in [1.29, 1.82) is 0 Å². The Morgan fingerprint density at radius 1 is 1.17 bits per heavy atom. The number of aryl methyl sites for hydroxylation is 1. The van der Waals surface area contributed by atoms with E-state index >= 15 is 0 Å². The summed E-state index contributed by atoms with van der Waals surface area (Å²) in [5.74, 6) is 0.205. The molecule has 3 heterocycles. The van der Waals surface area contributed by atoms with E-state index in [0.29, 0.717) is 32.5 Å². The Morgan fingerprint density at radius 2 is 1.92 bits per heavy atom. The molecule has 4 rings (SSSR count). The quantitative estimate of drug-likeness (QED) is 0.783. The second kappa shape index (κ2) is 6.15. The number of hydrogen-bond acceptors (Lipinski definition) is 4. The number of amides is 1. The number of rotatable bonds is 5. The molecule has 3 aliphatic rings. The first kappa shape index (κ1) is 16.1. The lowest BCUT2D eigenvalue weighted by Gasteiger charge is -2.26. The van der Waals surface area contributed by atoms with Gasteiger partial charge in [0.1, 0.15) is 0 Å². The van der Waals surface area contributed by atoms with Gasteiger partial charge in [0.25, 0.3) is 0 Å². The van der Waals surface area contributed by atoms with Crippen LogP contribution in [0.1, 0.15) is 43.5 Å². The van der Waals surface area contributed by atoms with E-state index in [9.17, 15) is 13.2 Å². The minimum atomic E-state index is -3.13. The van der Waals surface area contributed by atoms with E-state index in [4.69, 9.17) is 0 Å². The van der Waals surface area contributed by atoms with Crippen LogP contribution in [-0.4, -0.2) is 58.2 Å². The van der Waals surface area contributed by atoms with Crippen molar-refractivity contribution in [2.24, 2.45) is 0 Å². The number of sulfonamides is 1. The Labute approximate surface area is 142 Å². The van der Waals surface area contributed by atoms with Gasteiger partial charge in [-0.05, 0) is 31.7 Å². The minimum Gasteiger partial charge on any atom is -0.343 e. The van der Waals surface area contributed by atoms with E-state index in [2.05, 4.69) is 5.10 Å². The molecule has 0 spiro atoms. The average Bonchev–Trinajstić information content (AvgIpc) is 3.14. The van der Waals surface area contributed by atoms with Crippen LogP contribution >= 0.6 is 0 Å². The summed E-state index contributed by atoms with van der Waals surface area (Å²) >= 11 is 0. The third kappa shape index (κ3) is 3.09. The summed E-state index contributed by atoms with van der Waals surface area (Å²) in [6.45, 7) is 3.27. The molecule has 1 saturated carbocycles. The van der Waals surface area contributed by atoms with Crippen molar-refractivity contribution < 1.29 is 13.2 Å². The number of hydrogen-bond donors (Lipinski definition) is 0. The third-order valence-corrected chi connectivity index (χ3v) is 7.52. The normalized spacial score (nSPS) is 21.9. The SMILES string of the molecule is O=C(CCc1cc2n(n1)CCN(S(=O)(=O)C1CC1)C2)N1CCCC1. The van der Waals surface area contributed by atoms with Crippen molar-refractivity contribution in [3.05, 3.63) is 17.5 Å². The number of fused-ring (bicyclic) bond motifs is 1. The maximum Gasteiger partial charge on any atom is 0.222 e. The molecule has 8 heteroatoms. The predicted molar refractivity (Wildman–Crippen MR) is 88.7 cm³/mol. The monoisotopic (exact) mass is 352 g/mol. The van der Waals surface area contributed by atoms with E-state index < -0.39 is 10.0 Å². The molecule has 1 aromatic rings. The van der Waals surface area contributed by atoms with Gasteiger partial charge in [0.2, 0.25) is 15.9 Å². The lowest BCUT2D eigenvalue weighted by Crippen LogP contribution is -2.40. The molecule has 7 nitrogen and oxygen atoms in total. The molecular formula is C16H24N4O3S. The topological polar surface area (TPSA) is 75.5 Å². The zero-order chi connectivity index (χ0) is 16.7. The fourth-order valence-electron chi connectivity index (χ4n) is 3.58. The van der Waals surface area contributed by atoms with Crippen LogP contribution in [-0.2, 0) is 34.3 Å². The van der Waals surface area contributed by atoms with E-state index in [-0.39, 0.29) is 11.2 Å². The van der Waals surface area contributed by atoms with Crippen LogP contribution in [0.4, 0.5) is 0 Å². The molecule has 2 fully saturated rings. The van der Waals surface area contributed by atoms with Crippen molar-refractivity contribution in [1.82, 2.24) is 19.0 Å². The van der Waals surface area contributed by atoms with Crippen LogP contribution in [0.5, 0.6) is 0 Å². The molecule has 1 aliphatic carbocycles. The number of likely N-dealkylation sites (tertiary alicyclic amines) is 1. The molecule has 132 valence electrons. The average molecular weight is 352 g/mol. The van der Waals surface area contributed by atoms with Gasteiger partial charge in [-0.2, -0.15) is 9.40 Å². The van der Waals surface area contributed by atoms with Gasteiger partial charge in [-0.25, -0.2) is 8.42 Å². The van der Waals surface area contributed by atoms with Crippen molar-refractivity contribution >= 4 is 15.9 Å². The maximum absolute atomic E-state index is 12.4. The van der Waals surface area contributed by atoms with E-state index in [1.807, 2.05) is 15.6 Å². The standard InChI is InChI=1S/C16H24N4O3S/c21-16(18-7-1-2-8-18)6-3-13-11-14-12-19(9-10-20(14)17-13)24(22,23)15-4-5-15/h11,15H,1-10,12H2. The highest BCUT2D eigenvalue weighted by Crippen LogP contribution is 2.32. The Kier molecular flexibility index (Phi) is 4.12. The molecule has 1 aromatic heterocycles. The molecule has 0 bridgehead atoms. The fourth-order valence-corrected chi connectivity index (χ4v) is 5.38. The largest absolute Gasteiger partial charge is 0.343 e. The summed E-state index contributed by atoms with van der Waals surface area (Å²) in [6, 6.07) is 1.96. The molecule has 1 saturated heterocycles. The highest BCUT2D eigenvalue weighted by atomic mass is 32.2. The van der Waals surface area contributed by atoms with Crippen molar-refractivity contribution in [3.63, 3.8) is 0 Å². The number of nitrogens with zero attached hydrogens (tertiary/aromatic N) is 4. The summed E-state index contributed by atoms with van der Waals surface area (Å²) in [5, 5.41) is 4.39. The number of aromatic nitrogens is 2. The summed E-state index contributed by atoms with van der Waals surface area (Å²) in [5.41, 5.74) is 1.83. The molecular weight excluding hydrogens is 328 g/mol. The van der Waals surface area contributed by atoms with Crippen molar-refractivity contribution in [2.75, 3.05) is 19.6 Å². The first-order valence-corrected chi connectivity index (χ1v) is 10.4. The zero-order valence-electron chi connectivity index (χ0n) is 13.9. The summed E-state index contributed by atoms with van der Waals surface area (Å²) in [7, 11) is -3.13. The number of carbonyl (C=O) groups is 1. The first-order valence-electron chi connectivity index (χ1n) is 8.86. The van der Waals surface area contributed by atoms with Gasteiger partial charge in [0, 0.05) is 32.5 Å². The molecule has 0 aromatic carbocycles.